The standard InChI is InChI=1S/C15H15N3O2S/c1-2-8-16-14(20)10-21-15-17-12(9-13(19)18-15)11-6-4-3-5-7-11/h2-7,9H,1,8,10H2,(H,16,20)(H,17,18,19). The Balaban J connectivity index is 2.11. The zero-order valence-corrected chi connectivity index (χ0v) is 12.2. The minimum atomic E-state index is -0.238. The maximum Gasteiger partial charge on any atom is 0.252 e. The molecule has 108 valence electrons. The van der Waals surface area contributed by atoms with Crippen molar-refractivity contribution in [2.24, 2.45) is 0 Å². The van der Waals surface area contributed by atoms with Crippen molar-refractivity contribution in [3.63, 3.8) is 0 Å². The fraction of sp³-hybridized carbons (Fsp3) is 0.133. The smallest absolute Gasteiger partial charge is 0.252 e. The van der Waals surface area contributed by atoms with E-state index < -0.39 is 0 Å². The van der Waals surface area contributed by atoms with Gasteiger partial charge >= 0.3 is 0 Å². The zero-order chi connectivity index (χ0) is 15.1. The van der Waals surface area contributed by atoms with Crippen LogP contribution in [-0.4, -0.2) is 28.2 Å². The molecule has 0 unspecified atom stereocenters. The van der Waals surface area contributed by atoms with Crippen LogP contribution in [0.4, 0.5) is 0 Å². The first-order valence-electron chi connectivity index (χ1n) is 6.36. The Morgan fingerprint density at radius 1 is 1.38 bits per heavy atom. The second kappa shape index (κ2) is 7.44. The quantitative estimate of drug-likeness (QED) is 0.485. The molecule has 0 aliphatic heterocycles. The summed E-state index contributed by atoms with van der Waals surface area (Å²) >= 11 is 1.19. The van der Waals surface area contributed by atoms with Gasteiger partial charge in [0.15, 0.2) is 5.16 Å². The Hall–Kier alpha value is -2.34. The van der Waals surface area contributed by atoms with Crippen LogP contribution in [0.3, 0.4) is 0 Å². The summed E-state index contributed by atoms with van der Waals surface area (Å²) < 4.78 is 0. The molecule has 1 heterocycles. The number of carbonyl (C=O) groups excluding carboxylic acids is 1. The third-order valence-corrected chi connectivity index (χ3v) is 3.45. The molecule has 6 heteroatoms. The van der Waals surface area contributed by atoms with Gasteiger partial charge in [0, 0.05) is 18.2 Å². The van der Waals surface area contributed by atoms with Crippen LogP contribution in [0.15, 0.2) is 59.0 Å². The second-order valence-electron chi connectivity index (χ2n) is 4.18. The fourth-order valence-corrected chi connectivity index (χ4v) is 2.34. The Kier molecular flexibility index (Phi) is 5.34. The van der Waals surface area contributed by atoms with Crippen molar-refractivity contribution in [3.8, 4) is 11.3 Å². The second-order valence-corrected chi connectivity index (χ2v) is 5.15. The predicted molar refractivity (Wildman–Crippen MR) is 84.2 cm³/mol. The number of aromatic amines is 1. The van der Waals surface area contributed by atoms with Crippen molar-refractivity contribution in [2.75, 3.05) is 12.3 Å². The van der Waals surface area contributed by atoms with E-state index in [-0.39, 0.29) is 17.2 Å². The molecule has 0 spiro atoms. The minimum Gasteiger partial charge on any atom is -0.352 e. The van der Waals surface area contributed by atoms with E-state index in [0.29, 0.717) is 17.4 Å². The number of H-pyrrole nitrogens is 1. The third kappa shape index (κ3) is 4.61. The van der Waals surface area contributed by atoms with Crippen molar-refractivity contribution in [1.29, 1.82) is 0 Å². The molecular weight excluding hydrogens is 286 g/mol. The lowest BCUT2D eigenvalue weighted by atomic mass is 10.1. The Morgan fingerprint density at radius 2 is 2.14 bits per heavy atom. The highest BCUT2D eigenvalue weighted by Crippen LogP contribution is 2.18. The molecule has 2 aromatic rings. The van der Waals surface area contributed by atoms with Crippen molar-refractivity contribution in [2.45, 2.75) is 5.16 Å². The molecule has 0 bridgehead atoms. The molecular formula is C15H15N3O2S. The molecule has 5 nitrogen and oxygen atoms in total. The summed E-state index contributed by atoms with van der Waals surface area (Å²) in [6.07, 6.45) is 1.61. The molecule has 0 saturated carbocycles. The maximum atomic E-state index is 11.7. The first kappa shape index (κ1) is 15.1. The zero-order valence-electron chi connectivity index (χ0n) is 11.3. The topological polar surface area (TPSA) is 74.8 Å². The van der Waals surface area contributed by atoms with Crippen LogP contribution in [-0.2, 0) is 4.79 Å². The first-order chi connectivity index (χ1) is 10.2. The van der Waals surface area contributed by atoms with Crippen molar-refractivity contribution < 1.29 is 4.79 Å². The molecule has 21 heavy (non-hydrogen) atoms. The molecule has 1 aromatic carbocycles. The molecule has 0 aliphatic rings. The van der Waals surface area contributed by atoms with Crippen LogP contribution in [0.2, 0.25) is 0 Å². The highest BCUT2D eigenvalue weighted by atomic mass is 32.2. The van der Waals surface area contributed by atoms with Crippen molar-refractivity contribution in [1.82, 2.24) is 15.3 Å². The van der Waals surface area contributed by atoms with Gasteiger partial charge in [-0.2, -0.15) is 0 Å². The molecule has 0 fully saturated rings. The number of hydrogen-bond donors (Lipinski definition) is 2. The van der Waals surface area contributed by atoms with E-state index in [1.165, 1.54) is 17.8 Å². The minimum absolute atomic E-state index is 0.132. The number of rotatable bonds is 6. The van der Waals surface area contributed by atoms with E-state index in [2.05, 4.69) is 21.9 Å². The fourth-order valence-electron chi connectivity index (χ4n) is 1.63. The Morgan fingerprint density at radius 3 is 2.86 bits per heavy atom. The molecule has 0 aliphatic carbocycles. The SMILES string of the molecule is C=CCNC(=O)CSc1nc(-c2ccccc2)cc(=O)[nH]1. The van der Waals surface area contributed by atoms with Crippen LogP contribution in [0.25, 0.3) is 11.3 Å². The largest absolute Gasteiger partial charge is 0.352 e. The van der Waals surface area contributed by atoms with Crippen LogP contribution in [0, 0.1) is 0 Å². The summed E-state index contributed by atoms with van der Waals surface area (Å²) in [5.41, 5.74) is 1.22. The van der Waals surface area contributed by atoms with E-state index >= 15 is 0 Å². The number of nitrogens with one attached hydrogen (secondary N) is 2. The first-order valence-corrected chi connectivity index (χ1v) is 7.35. The van der Waals surface area contributed by atoms with Gasteiger partial charge in [0.1, 0.15) is 0 Å². The van der Waals surface area contributed by atoms with Crippen LogP contribution < -0.4 is 10.9 Å². The molecule has 0 saturated heterocycles. The van der Waals surface area contributed by atoms with Gasteiger partial charge in [-0.05, 0) is 0 Å². The van der Waals surface area contributed by atoms with Crippen molar-refractivity contribution in [3.05, 3.63) is 59.4 Å². The summed E-state index contributed by atoms with van der Waals surface area (Å²) in [5, 5.41) is 3.09. The average molecular weight is 301 g/mol. The van der Waals surface area contributed by atoms with Gasteiger partial charge in [-0.3, -0.25) is 9.59 Å². The maximum absolute atomic E-state index is 11.7. The van der Waals surface area contributed by atoms with E-state index in [4.69, 9.17) is 0 Å². The molecule has 1 aromatic heterocycles. The normalized spacial score (nSPS) is 10.1. The van der Waals surface area contributed by atoms with E-state index in [1.54, 1.807) is 6.08 Å². The average Bonchev–Trinajstić information content (AvgIpc) is 2.51. The number of benzene rings is 1. The molecule has 0 radical (unpaired) electrons. The lowest BCUT2D eigenvalue weighted by Crippen LogP contribution is -2.25. The highest BCUT2D eigenvalue weighted by Gasteiger charge is 2.07. The third-order valence-electron chi connectivity index (χ3n) is 2.57. The van der Waals surface area contributed by atoms with Gasteiger partial charge < -0.3 is 10.3 Å². The molecule has 2 N–H and O–H groups in total. The van der Waals surface area contributed by atoms with Gasteiger partial charge in [0.2, 0.25) is 5.91 Å². The summed E-state index contributed by atoms with van der Waals surface area (Å²) in [7, 11) is 0. The Labute approximate surface area is 126 Å². The van der Waals surface area contributed by atoms with Crippen LogP contribution in [0.5, 0.6) is 0 Å². The molecule has 1 amide bonds. The summed E-state index contributed by atoms with van der Waals surface area (Å²) in [5.74, 6) is 0.0577. The number of aromatic nitrogens is 2. The number of carbonyl (C=O) groups is 1. The van der Waals surface area contributed by atoms with Gasteiger partial charge in [-0.25, -0.2) is 4.98 Å². The van der Waals surface area contributed by atoms with Gasteiger partial charge in [-0.1, -0.05) is 48.2 Å². The predicted octanol–water partition coefficient (Wildman–Crippen LogP) is 1.83. The van der Waals surface area contributed by atoms with Gasteiger partial charge in [0.05, 0.1) is 11.4 Å². The van der Waals surface area contributed by atoms with E-state index in [0.717, 1.165) is 5.56 Å². The monoisotopic (exact) mass is 301 g/mol. The number of nitrogens with zero attached hydrogens (tertiary/aromatic N) is 1. The number of thioether (sulfide) groups is 1. The molecule has 0 atom stereocenters. The molecule has 2 rings (SSSR count). The van der Waals surface area contributed by atoms with Gasteiger partial charge in [-0.15, -0.1) is 6.58 Å². The summed E-state index contributed by atoms with van der Waals surface area (Å²) in [4.78, 5) is 30.2. The lowest BCUT2D eigenvalue weighted by Gasteiger charge is -2.04. The van der Waals surface area contributed by atoms with Crippen molar-refractivity contribution >= 4 is 17.7 Å². The Bertz CT molecular complexity index is 683. The summed E-state index contributed by atoms with van der Waals surface area (Å²) in [6.45, 7) is 3.95. The van der Waals surface area contributed by atoms with E-state index in [9.17, 15) is 9.59 Å². The lowest BCUT2D eigenvalue weighted by molar-refractivity contribution is -0.118. The van der Waals surface area contributed by atoms with Crippen LogP contribution >= 0.6 is 11.8 Å². The van der Waals surface area contributed by atoms with Gasteiger partial charge in [0.25, 0.3) is 5.56 Å². The van der Waals surface area contributed by atoms with E-state index in [1.807, 2.05) is 30.3 Å². The van der Waals surface area contributed by atoms with Crippen LogP contribution in [0.1, 0.15) is 0 Å². The summed E-state index contributed by atoms with van der Waals surface area (Å²) in [6, 6.07) is 10.9. The number of hydrogen-bond acceptors (Lipinski definition) is 4. The highest BCUT2D eigenvalue weighted by molar-refractivity contribution is 7.99. The number of amides is 1.